The van der Waals surface area contributed by atoms with E-state index in [2.05, 4.69) is 15.2 Å². The van der Waals surface area contributed by atoms with E-state index in [1.165, 1.54) is 6.07 Å². The lowest BCUT2D eigenvalue weighted by molar-refractivity contribution is -0.143. The van der Waals surface area contributed by atoms with Gasteiger partial charge in [-0.15, -0.1) is 0 Å². The van der Waals surface area contributed by atoms with Crippen LogP contribution in [0.5, 0.6) is 0 Å². The summed E-state index contributed by atoms with van der Waals surface area (Å²) >= 11 is 6.31. The molecule has 10 nitrogen and oxygen atoms in total. The average Bonchev–Trinajstić information content (AvgIpc) is 3.64. The largest absolute Gasteiger partial charge is 0.466 e. The van der Waals surface area contributed by atoms with E-state index < -0.39 is 5.54 Å². The average molecular weight is 592 g/mol. The van der Waals surface area contributed by atoms with Crippen molar-refractivity contribution in [1.82, 2.24) is 24.6 Å². The number of benzene rings is 2. The Hall–Kier alpha value is -4.09. The first-order chi connectivity index (χ1) is 20.2. The molecule has 2 aromatic carbocycles. The summed E-state index contributed by atoms with van der Waals surface area (Å²) in [5, 5.41) is 8.88. The number of aromatic nitrogens is 4. The Kier molecular flexibility index (Phi) is 7.32. The van der Waals surface area contributed by atoms with Crippen LogP contribution in [-0.2, 0) is 26.4 Å². The fourth-order valence-electron chi connectivity index (χ4n) is 6.05. The van der Waals surface area contributed by atoms with Crippen molar-refractivity contribution in [3.63, 3.8) is 0 Å². The predicted molar refractivity (Wildman–Crippen MR) is 157 cm³/mol. The number of nitrogens with one attached hydrogen (secondary N) is 1. The summed E-state index contributed by atoms with van der Waals surface area (Å²) in [4.78, 5) is 36.8. The van der Waals surface area contributed by atoms with Crippen molar-refractivity contribution in [2.75, 3.05) is 30.7 Å². The van der Waals surface area contributed by atoms with Crippen LogP contribution in [0.1, 0.15) is 44.2 Å². The van der Waals surface area contributed by atoms with Gasteiger partial charge in [-0.05, 0) is 63.4 Å². The van der Waals surface area contributed by atoms with Crippen LogP contribution in [0.25, 0.3) is 22.4 Å². The third-order valence-electron chi connectivity index (χ3n) is 8.28. The number of nitrogens with two attached hydrogens (primary N) is 1. The summed E-state index contributed by atoms with van der Waals surface area (Å²) in [5.74, 6) is 0.230. The normalized spacial score (nSPS) is 20.2. The SMILES string of the molecule is CCOC(=O)CCC1CCN(C2(C)C(=O)Nc3nc(-c4nn(Cc5ccccc5F)c5cc(Cl)ccc45)nc(N)c32)C1. The van der Waals surface area contributed by atoms with Crippen LogP contribution >= 0.6 is 11.6 Å². The molecule has 0 saturated carbocycles. The highest BCUT2D eigenvalue weighted by molar-refractivity contribution is 6.31. The summed E-state index contributed by atoms with van der Waals surface area (Å²) in [6, 6.07) is 11.8. The van der Waals surface area contributed by atoms with Crippen molar-refractivity contribution < 1.29 is 18.7 Å². The summed E-state index contributed by atoms with van der Waals surface area (Å²) in [6.07, 6.45) is 1.89. The van der Waals surface area contributed by atoms with E-state index in [1.807, 2.05) is 13.0 Å². The number of fused-ring (bicyclic) bond motifs is 2. The zero-order chi connectivity index (χ0) is 29.6. The molecular weight excluding hydrogens is 561 g/mol. The van der Waals surface area contributed by atoms with Gasteiger partial charge in [0.1, 0.15) is 28.7 Å². The highest BCUT2D eigenvalue weighted by Gasteiger charge is 2.52. The van der Waals surface area contributed by atoms with Crippen LogP contribution in [-0.4, -0.2) is 56.2 Å². The van der Waals surface area contributed by atoms with Gasteiger partial charge < -0.3 is 15.8 Å². The molecule has 0 spiro atoms. The zero-order valence-corrected chi connectivity index (χ0v) is 24.1. The molecule has 0 bridgehead atoms. The summed E-state index contributed by atoms with van der Waals surface area (Å²) in [6.45, 7) is 5.47. The van der Waals surface area contributed by atoms with Crippen LogP contribution in [0.2, 0.25) is 5.02 Å². The molecule has 1 saturated heterocycles. The topological polar surface area (TPSA) is 128 Å². The third kappa shape index (κ3) is 4.86. The summed E-state index contributed by atoms with van der Waals surface area (Å²) in [7, 11) is 0. The fourth-order valence-corrected chi connectivity index (χ4v) is 6.22. The number of amides is 1. The van der Waals surface area contributed by atoms with E-state index in [-0.39, 0.29) is 41.8 Å². The number of likely N-dealkylation sites (tertiary alicyclic amines) is 1. The minimum absolute atomic E-state index is 0.172. The van der Waals surface area contributed by atoms with E-state index in [9.17, 15) is 14.0 Å². The lowest BCUT2D eigenvalue weighted by Gasteiger charge is -2.33. The number of anilines is 2. The molecule has 2 aliphatic rings. The molecule has 218 valence electrons. The lowest BCUT2D eigenvalue weighted by Crippen LogP contribution is -2.48. The summed E-state index contributed by atoms with van der Waals surface area (Å²) in [5.41, 5.74) is 7.63. The molecule has 2 aromatic heterocycles. The predicted octanol–water partition coefficient (Wildman–Crippen LogP) is 4.75. The van der Waals surface area contributed by atoms with Crippen LogP contribution < -0.4 is 11.1 Å². The van der Waals surface area contributed by atoms with Gasteiger partial charge in [-0.2, -0.15) is 5.10 Å². The number of esters is 1. The lowest BCUT2D eigenvalue weighted by atomic mass is 9.92. The van der Waals surface area contributed by atoms with Crippen LogP contribution in [0.4, 0.5) is 16.0 Å². The number of carbonyl (C=O) groups is 2. The second kappa shape index (κ2) is 11.0. The molecule has 4 heterocycles. The number of halogens is 2. The fraction of sp³-hybridized carbons (Fsp3) is 0.367. The van der Waals surface area contributed by atoms with Gasteiger partial charge in [-0.25, -0.2) is 14.4 Å². The van der Waals surface area contributed by atoms with Crippen molar-refractivity contribution in [1.29, 1.82) is 0 Å². The van der Waals surface area contributed by atoms with Crippen molar-refractivity contribution in [3.05, 3.63) is 64.4 Å². The van der Waals surface area contributed by atoms with Gasteiger partial charge in [0.15, 0.2) is 5.82 Å². The minimum atomic E-state index is -1.06. The molecule has 0 radical (unpaired) electrons. The molecule has 1 amide bonds. The standard InChI is InChI=1S/C30H31ClFN7O3/c1-3-42-23(40)11-8-17-12-13-38(15-17)30(2)24-26(33)34-28(35-27(24)36-29(30)41)25-20-10-9-19(31)14-22(20)39(37-25)16-18-6-4-5-7-21(18)32/h4-7,9-10,14,17H,3,8,11-13,15-16H2,1-2H3,(H3,33,34,35,36,41). The van der Waals surface area contributed by atoms with Crippen molar-refractivity contribution in [3.8, 4) is 11.5 Å². The number of nitrogen functional groups attached to an aromatic ring is 1. The first kappa shape index (κ1) is 28.0. The van der Waals surface area contributed by atoms with Crippen LogP contribution in [0.3, 0.4) is 0 Å². The number of rotatable bonds is 8. The van der Waals surface area contributed by atoms with Gasteiger partial charge in [-0.1, -0.05) is 29.8 Å². The molecule has 1 fully saturated rings. The zero-order valence-electron chi connectivity index (χ0n) is 23.4. The minimum Gasteiger partial charge on any atom is -0.466 e. The molecule has 2 atom stereocenters. The van der Waals surface area contributed by atoms with Crippen molar-refractivity contribution >= 4 is 46.0 Å². The number of hydrogen-bond acceptors (Lipinski definition) is 8. The molecule has 2 unspecified atom stereocenters. The van der Waals surface area contributed by atoms with Gasteiger partial charge in [0, 0.05) is 28.9 Å². The molecule has 6 rings (SSSR count). The van der Waals surface area contributed by atoms with Crippen molar-refractivity contribution in [2.24, 2.45) is 5.92 Å². The third-order valence-corrected chi connectivity index (χ3v) is 8.52. The highest BCUT2D eigenvalue weighted by Crippen LogP contribution is 2.45. The smallest absolute Gasteiger partial charge is 0.305 e. The quantitative estimate of drug-likeness (QED) is 0.281. The van der Waals surface area contributed by atoms with Gasteiger partial charge in [0.25, 0.3) is 5.91 Å². The van der Waals surface area contributed by atoms with Gasteiger partial charge in [0.2, 0.25) is 0 Å². The van der Waals surface area contributed by atoms with Crippen molar-refractivity contribution in [2.45, 2.75) is 45.2 Å². The number of ether oxygens (including phenoxy) is 1. The highest BCUT2D eigenvalue weighted by atomic mass is 35.5. The first-order valence-corrected chi connectivity index (χ1v) is 14.4. The van der Waals surface area contributed by atoms with E-state index >= 15 is 0 Å². The number of carbonyl (C=O) groups excluding carboxylic acids is 2. The Balaban J connectivity index is 1.33. The molecule has 0 aliphatic carbocycles. The molecule has 2 aliphatic heterocycles. The maximum atomic E-state index is 14.5. The first-order valence-electron chi connectivity index (χ1n) is 14.0. The van der Waals surface area contributed by atoms with E-state index in [1.54, 1.807) is 41.9 Å². The molecule has 3 N–H and O–H groups in total. The summed E-state index contributed by atoms with van der Waals surface area (Å²) < 4.78 is 21.2. The Morgan fingerprint density at radius 3 is 2.86 bits per heavy atom. The molecular formula is C30H31ClFN7O3. The Morgan fingerprint density at radius 2 is 2.07 bits per heavy atom. The van der Waals surface area contributed by atoms with Crippen LogP contribution in [0, 0.1) is 11.7 Å². The Labute approximate surface area is 247 Å². The second-order valence-corrected chi connectivity index (χ2v) is 11.3. The van der Waals surface area contributed by atoms with Gasteiger partial charge >= 0.3 is 5.97 Å². The maximum Gasteiger partial charge on any atom is 0.305 e. The Bertz CT molecular complexity index is 1710. The van der Waals surface area contributed by atoms with E-state index in [0.29, 0.717) is 71.1 Å². The molecule has 42 heavy (non-hydrogen) atoms. The van der Waals surface area contributed by atoms with E-state index in [4.69, 9.17) is 32.2 Å². The number of nitrogens with zero attached hydrogens (tertiary/aromatic N) is 5. The van der Waals surface area contributed by atoms with E-state index in [0.717, 1.165) is 6.42 Å². The van der Waals surface area contributed by atoms with Crippen LogP contribution in [0.15, 0.2) is 42.5 Å². The van der Waals surface area contributed by atoms with Gasteiger partial charge in [-0.3, -0.25) is 19.2 Å². The van der Waals surface area contributed by atoms with Gasteiger partial charge in [0.05, 0.1) is 24.2 Å². The Morgan fingerprint density at radius 1 is 1.26 bits per heavy atom. The number of hydrogen-bond donors (Lipinski definition) is 2. The molecule has 12 heteroatoms. The maximum absolute atomic E-state index is 14.5. The second-order valence-electron chi connectivity index (χ2n) is 10.9. The molecule has 4 aromatic rings. The monoisotopic (exact) mass is 591 g/mol.